The molecule has 1 aromatic carbocycles. The number of hydrogen-bond acceptors (Lipinski definition) is 4. The topological polar surface area (TPSA) is 24.4 Å². The number of thioether (sulfide) groups is 1. The summed E-state index contributed by atoms with van der Waals surface area (Å²) in [5.74, 6) is 1.08. The number of benzene rings is 1. The summed E-state index contributed by atoms with van der Waals surface area (Å²) in [6.45, 7) is 2.19. The molecule has 0 bridgehead atoms. The van der Waals surface area contributed by atoms with Crippen LogP contribution in [0.1, 0.15) is 23.4 Å². The van der Waals surface area contributed by atoms with Gasteiger partial charge in [-0.2, -0.15) is 0 Å². The van der Waals surface area contributed by atoms with Gasteiger partial charge in [0.2, 0.25) is 0 Å². The summed E-state index contributed by atoms with van der Waals surface area (Å²) in [6.07, 6.45) is 1.03. The van der Waals surface area contributed by atoms with Crippen molar-refractivity contribution in [3.05, 3.63) is 58.3 Å². The number of thiophene rings is 1. The summed E-state index contributed by atoms with van der Waals surface area (Å²) >= 11 is 3.63. The predicted octanol–water partition coefficient (Wildman–Crippen LogP) is 4.11. The number of amidine groups is 1. The normalized spacial score (nSPS) is 19.6. The Morgan fingerprint density at radius 2 is 2.10 bits per heavy atom. The summed E-state index contributed by atoms with van der Waals surface area (Å²) in [7, 11) is 0. The number of nitrogens with one attached hydrogen (secondary N) is 1. The van der Waals surface area contributed by atoms with Crippen molar-refractivity contribution in [3.8, 4) is 0 Å². The van der Waals surface area contributed by atoms with E-state index in [-0.39, 0.29) is 0 Å². The average Bonchev–Trinajstić information content (AvgIpc) is 3.11. The Hall–Kier alpha value is -1.26. The van der Waals surface area contributed by atoms with Crippen LogP contribution in [-0.4, -0.2) is 17.0 Å². The molecule has 1 aliphatic rings. The maximum absolute atomic E-state index is 4.81. The van der Waals surface area contributed by atoms with Crippen LogP contribution in [0.15, 0.2) is 52.8 Å². The van der Waals surface area contributed by atoms with E-state index >= 15 is 0 Å². The zero-order valence-electron chi connectivity index (χ0n) is 11.5. The van der Waals surface area contributed by atoms with Gasteiger partial charge < -0.3 is 5.32 Å². The van der Waals surface area contributed by atoms with Crippen molar-refractivity contribution in [2.75, 3.05) is 5.75 Å². The van der Waals surface area contributed by atoms with Crippen molar-refractivity contribution in [3.63, 3.8) is 0 Å². The van der Waals surface area contributed by atoms with Crippen LogP contribution in [0, 0.1) is 0 Å². The zero-order valence-corrected chi connectivity index (χ0v) is 13.1. The van der Waals surface area contributed by atoms with Gasteiger partial charge in [-0.3, -0.25) is 4.99 Å². The largest absolute Gasteiger partial charge is 0.358 e. The Kier molecular flexibility index (Phi) is 4.43. The SMILES string of the molecule is CC(NC1=NC(Cc2ccccc2)CS1)c1cccs1. The lowest BCUT2D eigenvalue weighted by Gasteiger charge is -2.12. The van der Waals surface area contributed by atoms with E-state index in [2.05, 4.69) is 60.1 Å². The Labute approximate surface area is 128 Å². The molecule has 0 amide bonds. The minimum atomic E-state index is 0.344. The minimum absolute atomic E-state index is 0.344. The minimum Gasteiger partial charge on any atom is -0.358 e. The molecule has 0 aliphatic carbocycles. The highest BCUT2D eigenvalue weighted by molar-refractivity contribution is 8.14. The van der Waals surface area contributed by atoms with Gasteiger partial charge in [0, 0.05) is 10.6 Å². The van der Waals surface area contributed by atoms with Crippen LogP contribution in [0.5, 0.6) is 0 Å². The van der Waals surface area contributed by atoms with Gasteiger partial charge in [-0.05, 0) is 30.4 Å². The highest BCUT2D eigenvalue weighted by Crippen LogP contribution is 2.24. The molecule has 2 nitrogen and oxygen atoms in total. The van der Waals surface area contributed by atoms with Gasteiger partial charge >= 0.3 is 0 Å². The van der Waals surface area contributed by atoms with Crippen molar-refractivity contribution >= 4 is 28.3 Å². The van der Waals surface area contributed by atoms with Gasteiger partial charge in [0.15, 0.2) is 5.17 Å². The second-order valence-corrected chi connectivity index (χ2v) is 6.96. The van der Waals surface area contributed by atoms with Gasteiger partial charge in [-0.1, -0.05) is 48.2 Å². The third-order valence-corrected chi connectivity index (χ3v) is 5.44. The first kappa shape index (κ1) is 13.7. The highest BCUT2D eigenvalue weighted by Gasteiger charge is 2.20. The van der Waals surface area contributed by atoms with Crippen molar-refractivity contribution < 1.29 is 0 Å². The van der Waals surface area contributed by atoms with Crippen LogP contribution in [-0.2, 0) is 6.42 Å². The molecule has 1 N–H and O–H groups in total. The van der Waals surface area contributed by atoms with Gasteiger partial charge in [0.25, 0.3) is 0 Å². The molecule has 4 heteroatoms. The Balaban J connectivity index is 1.58. The van der Waals surface area contributed by atoms with Crippen molar-refractivity contribution in [1.29, 1.82) is 0 Å². The summed E-state index contributed by atoms with van der Waals surface area (Å²) < 4.78 is 0. The molecular formula is C16H18N2S2. The molecule has 2 unspecified atom stereocenters. The lowest BCUT2D eigenvalue weighted by atomic mass is 10.1. The molecule has 0 fully saturated rings. The summed E-state index contributed by atoms with van der Waals surface area (Å²) in [6, 6.07) is 15.6. The fraction of sp³-hybridized carbons (Fsp3) is 0.312. The standard InChI is InChI=1S/C16H18N2S2/c1-12(15-8-5-9-19-15)17-16-18-14(11-20-16)10-13-6-3-2-4-7-13/h2-9,12,14H,10-11H2,1H3,(H,17,18). The fourth-order valence-corrected chi connectivity index (χ4v) is 4.04. The predicted molar refractivity (Wildman–Crippen MR) is 89.7 cm³/mol. The molecule has 1 aromatic heterocycles. The molecule has 20 heavy (non-hydrogen) atoms. The summed E-state index contributed by atoms with van der Waals surface area (Å²) in [4.78, 5) is 6.17. The van der Waals surface area contributed by atoms with Crippen LogP contribution < -0.4 is 5.32 Å². The highest BCUT2D eigenvalue weighted by atomic mass is 32.2. The van der Waals surface area contributed by atoms with E-state index < -0.39 is 0 Å². The maximum atomic E-state index is 4.81. The third-order valence-electron chi connectivity index (χ3n) is 3.34. The Morgan fingerprint density at radius 1 is 1.25 bits per heavy atom. The molecule has 1 aliphatic heterocycles. The number of nitrogens with zero attached hydrogens (tertiary/aromatic N) is 1. The molecule has 2 aromatic rings. The summed E-state index contributed by atoms with van der Waals surface area (Å²) in [5.41, 5.74) is 1.37. The maximum Gasteiger partial charge on any atom is 0.157 e. The van der Waals surface area contributed by atoms with Gasteiger partial charge in [-0.25, -0.2) is 0 Å². The molecule has 0 radical (unpaired) electrons. The molecule has 0 spiro atoms. The van der Waals surface area contributed by atoms with Gasteiger partial charge in [-0.15, -0.1) is 11.3 Å². The molecule has 2 atom stereocenters. The molecular weight excluding hydrogens is 284 g/mol. The first-order valence-electron chi connectivity index (χ1n) is 6.86. The quantitative estimate of drug-likeness (QED) is 0.919. The van der Waals surface area contributed by atoms with E-state index in [1.807, 2.05) is 11.8 Å². The van der Waals surface area contributed by atoms with Crippen LogP contribution in [0.2, 0.25) is 0 Å². The molecule has 104 valence electrons. The second-order valence-electron chi connectivity index (χ2n) is 4.97. The van der Waals surface area contributed by atoms with E-state index in [0.29, 0.717) is 12.1 Å². The smallest absolute Gasteiger partial charge is 0.157 e. The van der Waals surface area contributed by atoms with Crippen LogP contribution in [0.4, 0.5) is 0 Å². The van der Waals surface area contributed by atoms with Gasteiger partial charge in [0.1, 0.15) is 0 Å². The van der Waals surface area contributed by atoms with E-state index in [9.17, 15) is 0 Å². The van der Waals surface area contributed by atoms with Crippen molar-refractivity contribution in [2.45, 2.75) is 25.4 Å². The third kappa shape index (κ3) is 3.44. The number of rotatable bonds is 4. The zero-order chi connectivity index (χ0) is 13.8. The average molecular weight is 302 g/mol. The first-order valence-corrected chi connectivity index (χ1v) is 8.72. The molecule has 3 rings (SSSR count). The monoisotopic (exact) mass is 302 g/mol. The van der Waals surface area contributed by atoms with E-state index in [4.69, 9.17) is 4.99 Å². The number of aliphatic imine (C=N–C) groups is 1. The van der Waals surface area contributed by atoms with Crippen LogP contribution in [0.3, 0.4) is 0 Å². The van der Waals surface area contributed by atoms with Gasteiger partial charge in [0.05, 0.1) is 12.1 Å². The molecule has 0 saturated carbocycles. The first-order chi connectivity index (χ1) is 9.81. The number of hydrogen-bond donors (Lipinski definition) is 1. The van der Waals surface area contributed by atoms with Crippen LogP contribution in [0.25, 0.3) is 0 Å². The second kappa shape index (κ2) is 6.46. The Bertz CT molecular complexity index is 563. The van der Waals surface area contributed by atoms with E-state index in [0.717, 1.165) is 17.3 Å². The Morgan fingerprint density at radius 3 is 2.85 bits per heavy atom. The molecule has 0 saturated heterocycles. The molecule has 2 heterocycles. The summed E-state index contributed by atoms with van der Waals surface area (Å²) in [5, 5.41) is 6.73. The van der Waals surface area contributed by atoms with Crippen molar-refractivity contribution in [2.24, 2.45) is 4.99 Å². The van der Waals surface area contributed by atoms with Crippen molar-refractivity contribution in [1.82, 2.24) is 5.32 Å². The lowest BCUT2D eigenvalue weighted by Crippen LogP contribution is -2.22. The fourth-order valence-electron chi connectivity index (χ4n) is 2.28. The van der Waals surface area contributed by atoms with E-state index in [1.165, 1.54) is 10.4 Å². The van der Waals surface area contributed by atoms with Crippen LogP contribution >= 0.6 is 23.1 Å². The lowest BCUT2D eigenvalue weighted by molar-refractivity contribution is 0.719. The van der Waals surface area contributed by atoms with E-state index in [1.54, 1.807) is 11.3 Å².